The Morgan fingerprint density at radius 2 is 1.86 bits per heavy atom. The van der Waals surface area contributed by atoms with E-state index < -0.39 is 0 Å². The monoisotopic (exact) mass is 188 g/mol. The van der Waals surface area contributed by atoms with E-state index in [0.29, 0.717) is 0 Å². The SMILES string of the molecule is C#CCCc1c(C)cc(OC)cc1C. The maximum atomic E-state index is 5.26. The summed E-state index contributed by atoms with van der Waals surface area (Å²) in [6.45, 7) is 4.20. The highest BCUT2D eigenvalue weighted by Gasteiger charge is 2.04. The lowest BCUT2D eigenvalue weighted by atomic mass is 9.98. The lowest BCUT2D eigenvalue weighted by Crippen LogP contribution is -1.95. The van der Waals surface area contributed by atoms with Crippen LogP contribution in [0.5, 0.6) is 5.75 Å². The fourth-order valence-electron chi connectivity index (χ4n) is 1.66. The molecule has 0 radical (unpaired) electrons. The van der Waals surface area contributed by atoms with E-state index in [9.17, 15) is 0 Å². The highest BCUT2D eigenvalue weighted by atomic mass is 16.5. The van der Waals surface area contributed by atoms with Crippen LogP contribution in [0.4, 0.5) is 0 Å². The summed E-state index contributed by atoms with van der Waals surface area (Å²) in [7, 11) is 1.69. The first-order valence-electron chi connectivity index (χ1n) is 4.76. The van der Waals surface area contributed by atoms with Crippen LogP contribution in [-0.2, 0) is 6.42 Å². The minimum Gasteiger partial charge on any atom is -0.497 e. The van der Waals surface area contributed by atoms with Gasteiger partial charge in [-0.25, -0.2) is 0 Å². The number of hydrogen-bond donors (Lipinski definition) is 0. The van der Waals surface area contributed by atoms with Crippen molar-refractivity contribution in [2.24, 2.45) is 0 Å². The summed E-state index contributed by atoms with van der Waals surface area (Å²) >= 11 is 0. The molecule has 1 aromatic carbocycles. The minimum absolute atomic E-state index is 0.800. The fourth-order valence-corrected chi connectivity index (χ4v) is 1.66. The van der Waals surface area contributed by atoms with E-state index in [-0.39, 0.29) is 0 Å². The van der Waals surface area contributed by atoms with Crippen LogP contribution >= 0.6 is 0 Å². The number of aryl methyl sites for hydroxylation is 2. The van der Waals surface area contributed by atoms with E-state index in [2.05, 4.69) is 31.9 Å². The van der Waals surface area contributed by atoms with Crippen LogP contribution in [0, 0.1) is 26.2 Å². The number of benzene rings is 1. The Hall–Kier alpha value is -1.42. The average molecular weight is 188 g/mol. The van der Waals surface area contributed by atoms with Crippen molar-refractivity contribution in [2.45, 2.75) is 26.7 Å². The molecule has 0 fully saturated rings. The van der Waals surface area contributed by atoms with Crippen LogP contribution < -0.4 is 4.74 Å². The molecule has 0 saturated carbocycles. The van der Waals surface area contributed by atoms with Crippen molar-refractivity contribution in [3.8, 4) is 18.1 Å². The maximum absolute atomic E-state index is 5.26. The second-order valence-electron chi connectivity index (χ2n) is 3.44. The molecular formula is C13H16O. The van der Waals surface area contributed by atoms with Crippen molar-refractivity contribution in [2.75, 3.05) is 7.11 Å². The van der Waals surface area contributed by atoms with Crippen molar-refractivity contribution < 1.29 is 4.74 Å². The third-order valence-electron chi connectivity index (χ3n) is 2.42. The third-order valence-corrected chi connectivity index (χ3v) is 2.42. The largest absolute Gasteiger partial charge is 0.497 e. The molecule has 74 valence electrons. The van der Waals surface area contributed by atoms with E-state index in [4.69, 9.17) is 11.2 Å². The first kappa shape index (κ1) is 10.7. The second kappa shape index (κ2) is 4.72. The highest BCUT2D eigenvalue weighted by Crippen LogP contribution is 2.22. The van der Waals surface area contributed by atoms with Crippen molar-refractivity contribution in [3.05, 3.63) is 28.8 Å². The van der Waals surface area contributed by atoms with Crippen molar-refractivity contribution in [1.82, 2.24) is 0 Å². The van der Waals surface area contributed by atoms with Crippen LogP contribution in [0.2, 0.25) is 0 Å². The van der Waals surface area contributed by atoms with Gasteiger partial charge in [-0.3, -0.25) is 0 Å². The van der Waals surface area contributed by atoms with Gasteiger partial charge in [0.15, 0.2) is 0 Å². The van der Waals surface area contributed by atoms with Crippen LogP contribution in [0.25, 0.3) is 0 Å². The molecule has 1 heteroatoms. The summed E-state index contributed by atoms with van der Waals surface area (Å²) in [5.41, 5.74) is 3.87. The summed E-state index contributed by atoms with van der Waals surface area (Å²) in [4.78, 5) is 0. The van der Waals surface area contributed by atoms with E-state index >= 15 is 0 Å². The number of ether oxygens (including phenoxy) is 1. The van der Waals surface area contributed by atoms with Gasteiger partial charge in [-0.05, 0) is 49.1 Å². The first-order valence-corrected chi connectivity index (χ1v) is 4.76. The Balaban J connectivity index is 3.00. The molecule has 1 rings (SSSR count). The Labute approximate surface area is 86.1 Å². The van der Waals surface area contributed by atoms with E-state index in [1.54, 1.807) is 7.11 Å². The predicted molar refractivity (Wildman–Crippen MR) is 59.6 cm³/mol. The smallest absolute Gasteiger partial charge is 0.119 e. The number of terminal acetylenes is 1. The molecule has 0 bridgehead atoms. The van der Waals surface area contributed by atoms with Crippen LogP contribution in [-0.4, -0.2) is 7.11 Å². The van der Waals surface area contributed by atoms with Crippen LogP contribution in [0.15, 0.2) is 12.1 Å². The molecule has 0 aliphatic carbocycles. The Morgan fingerprint density at radius 3 is 2.29 bits per heavy atom. The lowest BCUT2D eigenvalue weighted by molar-refractivity contribution is 0.414. The molecule has 0 spiro atoms. The summed E-state index contributed by atoms with van der Waals surface area (Å²) < 4.78 is 5.19. The predicted octanol–water partition coefficient (Wildman–Crippen LogP) is 2.88. The fraction of sp³-hybridized carbons (Fsp3) is 0.385. The second-order valence-corrected chi connectivity index (χ2v) is 3.44. The Kier molecular flexibility index (Phi) is 3.59. The molecule has 0 unspecified atom stereocenters. The van der Waals surface area contributed by atoms with Gasteiger partial charge < -0.3 is 4.74 Å². The molecule has 1 aromatic rings. The molecule has 0 amide bonds. The van der Waals surface area contributed by atoms with Crippen molar-refractivity contribution >= 4 is 0 Å². The van der Waals surface area contributed by atoms with Gasteiger partial charge in [0.1, 0.15) is 5.75 Å². The van der Waals surface area contributed by atoms with Crippen LogP contribution in [0.3, 0.4) is 0 Å². The molecular weight excluding hydrogens is 172 g/mol. The summed E-state index contributed by atoms with van der Waals surface area (Å²) in [5.74, 6) is 3.59. The van der Waals surface area contributed by atoms with Gasteiger partial charge in [-0.15, -0.1) is 12.3 Å². The summed E-state index contributed by atoms with van der Waals surface area (Å²) in [6.07, 6.45) is 7.01. The van der Waals surface area contributed by atoms with Crippen LogP contribution in [0.1, 0.15) is 23.1 Å². The lowest BCUT2D eigenvalue weighted by Gasteiger charge is -2.10. The van der Waals surface area contributed by atoms with E-state index in [1.807, 2.05) is 0 Å². The standard InChI is InChI=1S/C13H16O/c1-5-6-7-13-10(2)8-12(14-4)9-11(13)3/h1,8-9H,6-7H2,2-4H3. The summed E-state index contributed by atoms with van der Waals surface area (Å²) in [6, 6.07) is 4.11. The van der Waals surface area contributed by atoms with Crippen molar-refractivity contribution in [3.63, 3.8) is 0 Å². The molecule has 0 aliphatic rings. The molecule has 0 aromatic heterocycles. The minimum atomic E-state index is 0.800. The quantitative estimate of drug-likeness (QED) is 0.663. The zero-order valence-corrected chi connectivity index (χ0v) is 9.05. The highest BCUT2D eigenvalue weighted by molar-refractivity contribution is 5.41. The van der Waals surface area contributed by atoms with Gasteiger partial charge in [-0.1, -0.05) is 0 Å². The maximum Gasteiger partial charge on any atom is 0.119 e. The van der Waals surface area contributed by atoms with E-state index in [0.717, 1.165) is 18.6 Å². The molecule has 0 saturated heterocycles. The first-order chi connectivity index (χ1) is 6.69. The third kappa shape index (κ3) is 2.29. The summed E-state index contributed by atoms with van der Waals surface area (Å²) in [5, 5.41) is 0. The number of rotatable bonds is 3. The Morgan fingerprint density at radius 1 is 1.29 bits per heavy atom. The zero-order chi connectivity index (χ0) is 10.6. The van der Waals surface area contributed by atoms with Gasteiger partial charge in [0, 0.05) is 6.42 Å². The molecule has 0 N–H and O–H groups in total. The normalized spacial score (nSPS) is 9.57. The van der Waals surface area contributed by atoms with Crippen molar-refractivity contribution in [1.29, 1.82) is 0 Å². The van der Waals surface area contributed by atoms with Gasteiger partial charge in [0.05, 0.1) is 7.11 Å². The zero-order valence-electron chi connectivity index (χ0n) is 9.05. The molecule has 0 atom stereocenters. The van der Waals surface area contributed by atoms with Gasteiger partial charge in [0.2, 0.25) is 0 Å². The topological polar surface area (TPSA) is 9.23 Å². The van der Waals surface area contributed by atoms with E-state index in [1.165, 1.54) is 16.7 Å². The average Bonchev–Trinajstić information content (AvgIpc) is 2.16. The van der Waals surface area contributed by atoms with Gasteiger partial charge in [-0.2, -0.15) is 0 Å². The number of methoxy groups -OCH3 is 1. The molecule has 14 heavy (non-hydrogen) atoms. The van der Waals surface area contributed by atoms with Gasteiger partial charge in [0.25, 0.3) is 0 Å². The molecule has 0 aliphatic heterocycles. The number of hydrogen-bond acceptors (Lipinski definition) is 1. The Bertz CT molecular complexity index is 335. The van der Waals surface area contributed by atoms with Gasteiger partial charge >= 0.3 is 0 Å². The molecule has 0 heterocycles. The molecule has 1 nitrogen and oxygen atoms in total.